The SMILES string of the molecule is Cc1nn(C)c(Cl)c1CN1CCc2nc(C3CCCCC3)[nH]c(=O)c2C1. The van der Waals surface area contributed by atoms with Gasteiger partial charge < -0.3 is 4.98 Å². The van der Waals surface area contributed by atoms with E-state index in [9.17, 15) is 4.79 Å². The summed E-state index contributed by atoms with van der Waals surface area (Å²) >= 11 is 6.37. The van der Waals surface area contributed by atoms with Crippen LogP contribution in [0, 0.1) is 6.92 Å². The highest BCUT2D eigenvalue weighted by Gasteiger charge is 2.25. The molecule has 0 unspecified atom stereocenters. The van der Waals surface area contributed by atoms with Gasteiger partial charge in [-0.3, -0.25) is 14.4 Å². The largest absolute Gasteiger partial charge is 0.310 e. The molecular weight excluding hydrogens is 350 g/mol. The van der Waals surface area contributed by atoms with Crippen LogP contribution in [0.15, 0.2) is 4.79 Å². The molecule has 0 saturated heterocycles. The number of aromatic nitrogens is 4. The first-order valence-electron chi connectivity index (χ1n) is 9.55. The second kappa shape index (κ2) is 7.16. The molecule has 0 radical (unpaired) electrons. The van der Waals surface area contributed by atoms with Crippen LogP contribution in [0.1, 0.15) is 66.4 Å². The number of hydrogen-bond acceptors (Lipinski definition) is 4. The van der Waals surface area contributed by atoms with Crippen LogP contribution in [0.2, 0.25) is 5.15 Å². The Morgan fingerprint density at radius 2 is 2.04 bits per heavy atom. The predicted octanol–water partition coefficient (Wildman–Crippen LogP) is 3.07. The van der Waals surface area contributed by atoms with E-state index in [1.807, 2.05) is 14.0 Å². The number of rotatable bonds is 3. The van der Waals surface area contributed by atoms with Gasteiger partial charge in [0.15, 0.2) is 0 Å². The molecule has 26 heavy (non-hydrogen) atoms. The third-order valence-corrected chi connectivity index (χ3v) is 6.28. The van der Waals surface area contributed by atoms with Gasteiger partial charge in [0.05, 0.1) is 17.0 Å². The second-order valence-electron chi connectivity index (χ2n) is 7.65. The summed E-state index contributed by atoms with van der Waals surface area (Å²) in [4.78, 5) is 22.9. The lowest BCUT2D eigenvalue weighted by Crippen LogP contribution is -2.36. The zero-order valence-electron chi connectivity index (χ0n) is 15.5. The Balaban J connectivity index is 1.54. The lowest BCUT2D eigenvalue weighted by molar-refractivity contribution is 0.240. The van der Waals surface area contributed by atoms with E-state index in [-0.39, 0.29) is 5.56 Å². The summed E-state index contributed by atoms with van der Waals surface area (Å²) in [5, 5.41) is 5.05. The van der Waals surface area contributed by atoms with Crippen molar-refractivity contribution in [3.8, 4) is 0 Å². The Labute approximate surface area is 158 Å². The number of H-pyrrole nitrogens is 1. The highest BCUT2D eigenvalue weighted by Crippen LogP contribution is 2.31. The minimum atomic E-state index is 0.0364. The van der Waals surface area contributed by atoms with Gasteiger partial charge in [0, 0.05) is 44.6 Å². The summed E-state index contributed by atoms with van der Waals surface area (Å²) in [6, 6.07) is 0. The standard InChI is InChI=1S/C19H26ClN5O/c1-12-14(17(20)24(2)23-12)10-25-9-8-16-15(11-25)19(26)22-18(21-16)13-6-4-3-5-7-13/h13H,3-11H2,1-2H3,(H,21,22,26). The Morgan fingerprint density at radius 3 is 2.73 bits per heavy atom. The van der Waals surface area contributed by atoms with Gasteiger partial charge in [0.25, 0.3) is 5.56 Å². The number of aryl methyl sites for hydroxylation is 2. The first-order chi connectivity index (χ1) is 12.5. The van der Waals surface area contributed by atoms with Gasteiger partial charge in [0.1, 0.15) is 11.0 Å². The average Bonchev–Trinajstić information content (AvgIpc) is 2.89. The van der Waals surface area contributed by atoms with Crippen molar-refractivity contribution in [2.45, 2.75) is 64.5 Å². The van der Waals surface area contributed by atoms with Gasteiger partial charge in [0.2, 0.25) is 0 Å². The predicted molar refractivity (Wildman–Crippen MR) is 101 cm³/mol. The Hall–Kier alpha value is -1.66. The minimum Gasteiger partial charge on any atom is -0.310 e. The summed E-state index contributed by atoms with van der Waals surface area (Å²) in [6.45, 7) is 4.19. The quantitative estimate of drug-likeness (QED) is 0.895. The first kappa shape index (κ1) is 17.7. The summed E-state index contributed by atoms with van der Waals surface area (Å²) in [5.74, 6) is 1.34. The normalized spacial score (nSPS) is 18.9. The van der Waals surface area contributed by atoms with Crippen LogP contribution in [0.4, 0.5) is 0 Å². The number of fused-ring (bicyclic) bond motifs is 1. The fourth-order valence-electron chi connectivity index (χ4n) is 4.28. The number of halogens is 1. The third kappa shape index (κ3) is 3.32. The third-order valence-electron chi connectivity index (χ3n) is 5.81. The van der Waals surface area contributed by atoms with E-state index in [0.29, 0.717) is 24.2 Å². The molecule has 0 aromatic carbocycles. The van der Waals surface area contributed by atoms with Crippen molar-refractivity contribution in [2.75, 3.05) is 6.54 Å². The Morgan fingerprint density at radius 1 is 1.27 bits per heavy atom. The topological polar surface area (TPSA) is 66.8 Å². The number of hydrogen-bond donors (Lipinski definition) is 1. The summed E-state index contributed by atoms with van der Waals surface area (Å²) < 4.78 is 1.70. The van der Waals surface area contributed by atoms with Crippen LogP contribution in [0.3, 0.4) is 0 Å². The summed E-state index contributed by atoms with van der Waals surface area (Å²) in [7, 11) is 1.85. The highest BCUT2D eigenvalue weighted by atomic mass is 35.5. The summed E-state index contributed by atoms with van der Waals surface area (Å²) in [5.41, 5.74) is 3.83. The van der Waals surface area contributed by atoms with E-state index in [4.69, 9.17) is 16.6 Å². The van der Waals surface area contributed by atoms with Crippen LogP contribution in [-0.4, -0.2) is 31.2 Å². The van der Waals surface area contributed by atoms with Crippen molar-refractivity contribution >= 4 is 11.6 Å². The fraction of sp³-hybridized carbons (Fsp3) is 0.632. The molecule has 1 aliphatic heterocycles. The Bertz CT molecular complexity index is 866. The molecule has 1 aliphatic carbocycles. The number of nitrogens with zero attached hydrogens (tertiary/aromatic N) is 4. The fourth-order valence-corrected chi connectivity index (χ4v) is 4.52. The van der Waals surface area contributed by atoms with Crippen molar-refractivity contribution < 1.29 is 0 Å². The zero-order chi connectivity index (χ0) is 18.3. The van der Waals surface area contributed by atoms with Gasteiger partial charge in [-0.25, -0.2) is 4.98 Å². The van der Waals surface area contributed by atoms with Crippen LogP contribution in [0.25, 0.3) is 0 Å². The highest BCUT2D eigenvalue weighted by molar-refractivity contribution is 6.30. The lowest BCUT2D eigenvalue weighted by Gasteiger charge is -2.28. The molecule has 3 heterocycles. The monoisotopic (exact) mass is 375 g/mol. The van der Waals surface area contributed by atoms with Crippen LogP contribution in [-0.2, 0) is 26.6 Å². The van der Waals surface area contributed by atoms with Gasteiger partial charge in [-0.05, 0) is 19.8 Å². The van der Waals surface area contributed by atoms with E-state index >= 15 is 0 Å². The molecule has 6 nitrogen and oxygen atoms in total. The minimum absolute atomic E-state index is 0.0364. The molecule has 2 aromatic heterocycles. The summed E-state index contributed by atoms with van der Waals surface area (Å²) in [6.07, 6.45) is 6.89. The molecule has 2 aliphatic rings. The molecule has 2 aromatic rings. The second-order valence-corrected chi connectivity index (χ2v) is 8.01. The van der Waals surface area contributed by atoms with Crippen LogP contribution >= 0.6 is 11.6 Å². The van der Waals surface area contributed by atoms with E-state index < -0.39 is 0 Å². The van der Waals surface area contributed by atoms with E-state index in [2.05, 4.69) is 15.0 Å². The van der Waals surface area contributed by atoms with Crippen molar-refractivity contribution in [3.63, 3.8) is 0 Å². The smallest absolute Gasteiger partial charge is 0.255 e. The molecule has 4 rings (SSSR count). The number of aromatic amines is 1. The average molecular weight is 376 g/mol. The Kier molecular flexibility index (Phi) is 4.88. The van der Waals surface area contributed by atoms with Gasteiger partial charge in [-0.2, -0.15) is 5.10 Å². The number of nitrogens with one attached hydrogen (secondary N) is 1. The first-order valence-corrected chi connectivity index (χ1v) is 9.93. The maximum absolute atomic E-state index is 12.7. The maximum atomic E-state index is 12.7. The molecule has 0 amide bonds. The van der Waals surface area contributed by atoms with Crippen LogP contribution < -0.4 is 5.56 Å². The molecule has 140 valence electrons. The zero-order valence-corrected chi connectivity index (χ0v) is 16.3. The molecule has 0 bridgehead atoms. The van der Waals surface area contributed by atoms with Gasteiger partial charge in [-0.1, -0.05) is 30.9 Å². The van der Waals surface area contributed by atoms with E-state index in [1.54, 1.807) is 4.68 Å². The molecule has 0 spiro atoms. The molecule has 1 fully saturated rings. The molecule has 7 heteroatoms. The van der Waals surface area contributed by atoms with Crippen molar-refractivity contribution in [1.82, 2.24) is 24.6 Å². The van der Waals surface area contributed by atoms with E-state index in [1.165, 1.54) is 19.3 Å². The maximum Gasteiger partial charge on any atom is 0.255 e. The van der Waals surface area contributed by atoms with Crippen LogP contribution in [0.5, 0.6) is 0 Å². The molecular formula is C19H26ClN5O. The van der Waals surface area contributed by atoms with Gasteiger partial charge >= 0.3 is 0 Å². The van der Waals surface area contributed by atoms with Crippen molar-refractivity contribution in [3.05, 3.63) is 43.8 Å². The van der Waals surface area contributed by atoms with Crippen molar-refractivity contribution in [2.24, 2.45) is 7.05 Å². The van der Waals surface area contributed by atoms with E-state index in [0.717, 1.165) is 54.1 Å². The lowest BCUT2D eigenvalue weighted by atomic mass is 9.88. The molecule has 0 atom stereocenters. The van der Waals surface area contributed by atoms with Crippen molar-refractivity contribution in [1.29, 1.82) is 0 Å². The molecule has 1 saturated carbocycles. The molecule has 1 N–H and O–H groups in total. The van der Waals surface area contributed by atoms with Gasteiger partial charge in [-0.15, -0.1) is 0 Å².